The fourth-order valence-corrected chi connectivity index (χ4v) is 3.72. The number of carboxylic acids is 1. The molecule has 0 bridgehead atoms. The summed E-state index contributed by atoms with van der Waals surface area (Å²) >= 11 is 0. The van der Waals surface area contributed by atoms with Crippen LogP contribution in [0.25, 0.3) is 0 Å². The van der Waals surface area contributed by atoms with Gasteiger partial charge in [0.05, 0.1) is 10.8 Å². The highest BCUT2D eigenvalue weighted by Crippen LogP contribution is 2.24. The Balaban J connectivity index is 2.13. The molecule has 0 saturated heterocycles. The maximum absolute atomic E-state index is 12.3. The lowest BCUT2D eigenvalue weighted by molar-refractivity contribution is -0.142. The summed E-state index contributed by atoms with van der Waals surface area (Å²) in [6, 6.07) is 5.15. The Hall–Kier alpha value is -1.40. The van der Waals surface area contributed by atoms with Crippen molar-refractivity contribution in [3.05, 3.63) is 29.3 Å². The van der Waals surface area contributed by atoms with E-state index in [0.717, 1.165) is 24.8 Å². The van der Waals surface area contributed by atoms with Crippen molar-refractivity contribution in [2.75, 3.05) is 6.54 Å². The van der Waals surface area contributed by atoms with E-state index < -0.39 is 21.9 Å². The molecule has 1 aromatic carbocycles. The Bertz CT molecular complexity index is 637. The smallest absolute Gasteiger partial charge is 0.308 e. The molecule has 0 aromatic heterocycles. The molecule has 1 aliphatic carbocycles. The molecule has 0 radical (unpaired) electrons. The quantitative estimate of drug-likeness (QED) is 0.839. The standard InChI is InChI=1S/C15H21NO4S/c1-10(2)14(15(17)18)9-16-21(19,20)13-7-6-11-4-3-5-12(11)8-13/h6-8,10,14,16H,3-5,9H2,1-2H3,(H,17,18). The van der Waals surface area contributed by atoms with Crippen LogP contribution in [0.15, 0.2) is 23.1 Å². The van der Waals surface area contributed by atoms with Crippen molar-refractivity contribution in [1.29, 1.82) is 0 Å². The first-order chi connectivity index (χ1) is 9.81. The largest absolute Gasteiger partial charge is 0.481 e. The van der Waals surface area contributed by atoms with E-state index in [1.165, 1.54) is 5.56 Å². The third-order valence-electron chi connectivity index (χ3n) is 4.00. The number of benzene rings is 1. The fraction of sp³-hybridized carbons (Fsp3) is 0.533. The number of aliphatic carboxylic acids is 1. The molecule has 116 valence electrons. The molecule has 1 unspecified atom stereocenters. The molecule has 0 amide bonds. The van der Waals surface area contributed by atoms with E-state index in [1.54, 1.807) is 26.0 Å². The van der Waals surface area contributed by atoms with Crippen LogP contribution in [0.5, 0.6) is 0 Å². The van der Waals surface area contributed by atoms with Crippen LogP contribution in [-0.4, -0.2) is 26.0 Å². The Morgan fingerprint density at radius 3 is 2.57 bits per heavy atom. The first-order valence-corrected chi connectivity index (χ1v) is 8.64. The topological polar surface area (TPSA) is 83.5 Å². The maximum atomic E-state index is 12.3. The number of carboxylic acid groups (broad SMARTS) is 1. The minimum atomic E-state index is -3.66. The number of hydrogen-bond donors (Lipinski definition) is 2. The highest BCUT2D eigenvalue weighted by Gasteiger charge is 2.25. The molecule has 0 fully saturated rings. The van der Waals surface area contributed by atoms with Crippen LogP contribution in [0, 0.1) is 11.8 Å². The molecule has 21 heavy (non-hydrogen) atoms. The molecule has 0 aliphatic heterocycles. The zero-order valence-corrected chi connectivity index (χ0v) is 13.1. The zero-order chi connectivity index (χ0) is 15.6. The van der Waals surface area contributed by atoms with Gasteiger partial charge in [0.2, 0.25) is 10.0 Å². The van der Waals surface area contributed by atoms with Gasteiger partial charge in [0.25, 0.3) is 0 Å². The summed E-state index contributed by atoms with van der Waals surface area (Å²) in [6.07, 6.45) is 2.96. The molecule has 2 N–H and O–H groups in total. The summed E-state index contributed by atoms with van der Waals surface area (Å²) in [4.78, 5) is 11.3. The Labute approximate surface area is 125 Å². The normalized spacial score (nSPS) is 16.0. The first kappa shape index (κ1) is 16.0. The van der Waals surface area contributed by atoms with Gasteiger partial charge in [-0.2, -0.15) is 0 Å². The molecular weight excluding hydrogens is 290 g/mol. The molecule has 0 saturated carbocycles. The van der Waals surface area contributed by atoms with Gasteiger partial charge in [0.1, 0.15) is 0 Å². The number of aryl methyl sites for hydroxylation is 2. The lowest BCUT2D eigenvalue weighted by Crippen LogP contribution is -2.35. The van der Waals surface area contributed by atoms with E-state index in [2.05, 4.69) is 4.72 Å². The summed E-state index contributed by atoms with van der Waals surface area (Å²) < 4.78 is 27.0. The lowest BCUT2D eigenvalue weighted by Gasteiger charge is -2.17. The maximum Gasteiger partial charge on any atom is 0.308 e. The van der Waals surface area contributed by atoms with E-state index in [-0.39, 0.29) is 17.4 Å². The van der Waals surface area contributed by atoms with E-state index in [0.29, 0.717) is 0 Å². The van der Waals surface area contributed by atoms with Crippen LogP contribution in [-0.2, 0) is 27.7 Å². The predicted octanol–water partition coefficient (Wildman–Crippen LogP) is 1.81. The second kappa shape index (κ2) is 6.15. The molecular formula is C15H21NO4S. The number of fused-ring (bicyclic) bond motifs is 1. The summed E-state index contributed by atoms with van der Waals surface area (Å²) in [5.74, 6) is -1.85. The zero-order valence-electron chi connectivity index (χ0n) is 12.3. The minimum Gasteiger partial charge on any atom is -0.481 e. The average Bonchev–Trinajstić information content (AvgIpc) is 2.84. The van der Waals surface area contributed by atoms with Gasteiger partial charge in [-0.3, -0.25) is 4.79 Å². The first-order valence-electron chi connectivity index (χ1n) is 7.15. The number of rotatable bonds is 6. The Kier molecular flexibility index (Phi) is 4.68. The van der Waals surface area contributed by atoms with Crippen LogP contribution < -0.4 is 4.72 Å². The van der Waals surface area contributed by atoms with E-state index in [1.807, 2.05) is 6.07 Å². The molecule has 5 nitrogen and oxygen atoms in total. The van der Waals surface area contributed by atoms with Crippen LogP contribution in [0.2, 0.25) is 0 Å². The highest BCUT2D eigenvalue weighted by atomic mass is 32.2. The summed E-state index contributed by atoms with van der Waals surface area (Å²) in [5, 5.41) is 9.10. The molecule has 1 atom stereocenters. The summed E-state index contributed by atoms with van der Waals surface area (Å²) in [7, 11) is -3.66. The van der Waals surface area contributed by atoms with E-state index >= 15 is 0 Å². The molecule has 2 rings (SSSR count). The molecule has 6 heteroatoms. The van der Waals surface area contributed by atoms with Crippen molar-refractivity contribution in [1.82, 2.24) is 4.72 Å². The van der Waals surface area contributed by atoms with E-state index in [4.69, 9.17) is 5.11 Å². The van der Waals surface area contributed by atoms with E-state index in [9.17, 15) is 13.2 Å². The van der Waals surface area contributed by atoms with Gasteiger partial charge in [-0.15, -0.1) is 0 Å². The Morgan fingerprint density at radius 2 is 1.95 bits per heavy atom. The highest BCUT2D eigenvalue weighted by molar-refractivity contribution is 7.89. The number of nitrogens with one attached hydrogen (secondary N) is 1. The SMILES string of the molecule is CC(C)C(CNS(=O)(=O)c1ccc2c(c1)CCC2)C(=O)O. The van der Waals surface area contributed by atoms with Crippen LogP contribution in [0.1, 0.15) is 31.4 Å². The van der Waals surface area contributed by atoms with Crippen molar-refractivity contribution in [3.8, 4) is 0 Å². The van der Waals surface area contributed by atoms with Crippen molar-refractivity contribution in [3.63, 3.8) is 0 Å². The average molecular weight is 311 g/mol. The Morgan fingerprint density at radius 1 is 1.29 bits per heavy atom. The molecule has 0 spiro atoms. The van der Waals surface area contributed by atoms with Crippen molar-refractivity contribution in [2.45, 2.75) is 38.0 Å². The van der Waals surface area contributed by atoms with Gasteiger partial charge in [0, 0.05) is 6.54 Å². The monoisotopic (exact) mass is 311 g/mol. The third-order valence-corrected chi connectivity index (χ3v) is 5.42. The third kappa shape index (κ3) is 3.63. The minimum absolute atomic E-state index is 0.0909. The fourth-order valence-electron chi connectivity index (χ4n) is 2.61. The molecule has 1 aromatic rings. The summed E-state index contributed by atoms with van der Waals surface area (Å²) in [5.41, 5.74) is 2.29. The predicted molar refractivity (Wildman–Crippen MR) is 79.6 cm³/mol. The van der Waals surface area contributed by atoms with Gasteiger partial charge in [-0.05, 0) is 48.4 Å². The number of sulfonamides is 1. The van der Waals surface area contributed by atoms with Gasteiger partial charge in [-0.1, -0.05) is 19.9 Å². The summed E-state index contributed by atoms with van der Waals surface area (Å²) in [6.45, 7) is 3.44. The van der Waals surface area contributed by atoms with Crippen molar-refractivity contribution >= 4 is 16.0 Å². The second-order valence-electron chi connectivity index (χ2n) is 5.82. The van der Waals surface area contributed by atoms with Gasteiger partial charge in [0.15, 0.2) is 0 Å². The lowest BCUT2D eigenvalue weighted by atomic mass is 9.97. The van der Waals surface area contributed by atoms with Gasteiger partial charge < -0.3 is 5.11 Å². The van der Waals surface area contributed by atoms with Crippen molar-refractivity contribution in [2.24, 2.45) is 11.8 Å². The van der Waals surface area contributed by atoms with Crippen molar-refractivity contribution < 1.29 is 18.3 Å². The van der Waals surface area contributed by atoms with Gasteiger partial charge >= 0.3 is 5.97 Å². The molecule has 0 heterocycles. The number of carbonyl (C=O) groups is 1. The second-order valence-corrected chi connectivity index (χ2v) is 7.59. The van der Waals surface area contributed by atoms with Crippen LogP contribution >= 0.6 is 0 Å². The van der Waals surface area contributed by atoms with Crippen LogP contribution in [0.3, 0.4) is 0 Å². The molecule has 1 aliphatic rings. The number of hydrogen-bond acceptors (Lipinski definition) is 3. The van der Waals surface area contributed by atoms with Crippen LogP contribution in [0.4, 0.5) is 0 Å². The van der Waals surface area contributed by atoms with Gasteiger partial charge in [-0.25, -0.2) is 13.1 Å².